The van der Waals surface area contributed by atoms with Crippen LogP contribution in [-0.4, -0.2) is 0 Å². The molecular formula is C104H98. The first-order valence-corrected chi connectivity index (χ1v) is 37.8. The second-order valence-electron chi connectivity index (χ2n) is 27.2. The first kappa shape index (κ1) is 72.4. The van der Waals surface area contributed by atoms with Crippen LogP contribution in [-0.2, 0) is 51.4 Å². The van der Waals surface area contributed by atoms with Gasteiger partial charge in [-0.1, -0.05) is 396 Å². The zero-order valence-corrected chi connectivity index (χ0v) is 62.2. The van der Waals surface area contributed by atoms with Crippen molar-refractivity contribution in [1.29, 1.82) is 0 Å². The SMILES string of the molecule is C=C(c1ccc(CC)cc1)c1ccc(/C(=C/C=C(\c2ccc(CC)cc2)c2ccc(/C(=C/C=C(\c3ccc(CC)cc3)c3ccc(/C(=C/C=C(\c4ccc(CC)cc4)c4ccc(C(=C)c5ccc(CC)cc5)cc4)c4ccc(CC)cc4)cc3)c3ccc(CC)cc3)cc2)c2ccc(CC)cc2)cc1. The Hall–Kier alpha value is -11.4. The fraction of sp³-hybridized carbons (Fsp3) is 0.154. The fourth-order valence-corrected chi connectivity index (χ4v) is 13.8. The van der Waals surface area contributed by atoms with Crippen molar-refractivity contribution in [2.24, 2.45) is 0 Å². The van der Waals surface area contributed by atoms with Gasteiger partial charge in [-0.2, -0.15) is 0 Å². The van der Waals surface area contributed by atoms with Gasteiger partial charge in [-0.05, 0) is 229 Å². The van der Waals surface area contributed by atoms with Crippen LogP contribution >= 0.6 is 0 Å². The maximum Gasteiger partial charge on any atom is -0.0111 e. The van der Waals surface area contributed by atoms with Crippen molar-refractivity contribution in [3.05, 3.63) is 474 Å². The number of benzene rings is 12. The molecule has 0 fully saturated rings. The molecule has 0 radical (unpaired) electrons. The summed E-state index contributed by atoms with van der Waals surface area (Å²) in [5.74, 6) is 0. The van der Waals surface area contributed by atoms with E-state index in [1.807, 2.05) is 0 Å². The first-order valence-electron chi connectivity index (χ1n) is 37.8. The molecule has 0 atom stereocenters. The lowest BCUT2D eigenvalue weighted by Crippen LogP contribution is -1.95. The summed E-state index contributed by atoms with van der Waals surface area (Å²) in [7, 11) is 0. The third kappa shape index (κ3) is 17.5. The number of aryl methyl sites for hydroxylation is 8. The molecule has 0 saturated carbocycles. The molecule has 0 N–H and O–H groups in total. The maximum absolute atomic E-state index is 4.55. The van der Waals surface area contributed by atoms with Crippen molar-refractivity contribution in [2.75, 3.05) is 0 Å². The summed E-state index contributed by atoms with van der Waals surface area (Å²) in [6.45, 7) is 26.8. The average molecular weight is 1350 g/mol. The zero-order chi connectivity index (χ0) is 72.3. The largest absolute Gasteiger partial charge is 0.0906 e. The van der Waals surface area contributed by atoms with Crippen molar-refractivity contribution >= 4 is 44.6 Å². The molecular weight excluding hydrogens is 1250 g/mol. The lowest BCUT2D eigenvalue weighted by Gasteiger charge is -2.15. The Morgan fingerprint density at radius 3 is 0.346 bits per heavy atom. The molecule has 0 unspecified atom stereocenters. The molecule has 0 spiro atoms. The van der Waals surface area contributed by atoms with Crippen molar-refractivity contribution in [3.8, 4) is 0 Å². The van der Waals surface area contributed by atoms with Crippen LogP contribution in [0.15, 0.2) is 341 Å². The number of rotatable bonds is 27. The summed E-state index contributed by atoms with van der Waals surface area (Å²) in [5, 5.41) is 0. The number of hydrogen-bond donors (Lipinski definition) is 0. The Kier molecular flexibility index (Phi) is 24.3. The fourth-order valence-electron chi connectivity index (χ4n) is 13.8. The summed E-state index contributed by atoms with van der Waals surface area (Å²) in [6, 6.07) is 109. The normalized spacial score (nSPS) is 12.4. The van der Waals surface area contributed by atoms with Crippen LogP contribution in [0.25, 0.3) is 44.6 Å². The molecule has 12 rings (SSSR count). The highest BCUT2D eigenvalue weighted by Gasteiger charge is 2.16. The maximum atomic E-state index is 4.55. The van der Waals surface area contributed by atoms with Crippen LogP contribution in [0.1, 0.15) is 189 Å². The molecule has 0 aliphatic heterocycles. The summed E-state index contributed by atoms with van der Waals surface area (Å²) < 4.78 is 0. The molecule has 0 heteroatoms. The molecule has 514 valence electrons. The van der Waals surface area contributed by atoms with E-state index in [0.717, 1.165) is 163 Å². The van der Waals surface area contributed by atoms with Gasteiger partial charge in [0, 0.05) is 0 Å². The lowest BCUT2D eigenvalue weighted by atomic mass is 9.89. The summed E-state index contributed by atoms with van der Waals surface area (Å²) in [4.78, 5) is 0. The standard InChI is InChI=1S/C104H98/c1-11-75-19-35-83(36-20-75)73(9)85-51-55-93(56-52-85)99(87-39-23-77(13-3)24-40-87)67-69-101(89-43-27-79(15-5)28-44-89)95-59-63-97(64-60-95)103(91-47-31-81(17-7)32-48-91)71-72-104(92-49-33-82(18-8)34-50-92)98-65-61-96(62-66-98)102(90-45-29-80(16-6)30-46-90)70-68-100(88-41-25-78(14-4)26-42-88)94-57-53-86(54-58-94)74(10)84-37-21-76(12-2)22-38-84/h19-72H,9-18H2,1-8H3/b99-67+,100-68+,101-69+,102-70+,103-71+,104-72+. The Morgan fingerprint density at radius 2 is 0.240 bits per heavy atom. The van der Waals surface area contributed by atoms with Gasteiger partial charge in [-0.3, -0.25) is 0 Å². The van der Waals surface area contributed by atoms with Gasteiger partial charge >= 0.3 is 0 Å². The summed E-state index contributed by atoms with van der Waals surface area (Å²) in [5.41, 5.74) is 37.8. The second kappa shape index (κ2) is 35.0. The third-order valence-electron chi connectivity index (χ3n) is 20.8. The van der Waals surface area contributed by atoms with Gasteiger partial charge < -0.3 is 0 Å². The zero-order valence-electron chi connectivity index (χ0n) is 62.2. The van der Waals surface area contributed by atoms with Crippen LogP contribution in [0.5, 0.6) is 0 Å². The van der Waals surface area contributed by atoms with Crippen LogP contribution in [0.2, 0.25) is 0 Å². The van der Waals surface area contributed by atoms with E-state index >= 15 is 0 Å². The van der Waals surface area contributed by atoms with Gasteiger partial charge in [0.15, 0.2) is 0 Å². The molecule has 0 nitrogen and oxygen atoms in total. The van der Waals surface area contributed by atoms with E-state index in [2.05, 4.69) is 396 Å². The first-order chi connectivity index (χ1) is 51.0. The molecule has 0 amide bonds. The summed E-state index contributed by atoms with van der Waals surface area (Å²) >= 11 is 0. The van der Waals surface area contributed by atoms with Crippen molar-refractivity contribution < 1.29 is 0 Å². The molecule has 0 bridgehead atoms. The quantitative estimate of drug-likeness (QED) is 0.0450. The Labute approximate surface area is 621 Å². The van der Waals surface area contributed by atoms with Gasteiger partial charge in [-0.25, -0.2) is 0 Å². The van der Waals surface area contributed by atoms with E-state index in [0.29, 0.717) is 0 Å². The topological polar surface area (TPSA) is 0 Å². The monoisotopic (exact) mass is 1350 g/mol. The lowest BCUT2D eigenvalue weighted by molar-refractivity contribution is 1.14. The van der Waals surface area contributed by atoms with Crippen molar-refractivity contribution in [3.63, 3.8) is 0 Å². The average Bonchev–Trinajstić information content (AvgIpc) is 0.814. The Balaban J connectivity index is 0.939. The van der Waals surface area contributed by atoms with Gasteiger partial charge in [-0.15, -0.1) is 0 Å². The van der Waals surface area contributed by atoms with Crippen LogP contribution < -0.4 is 0 Å². The van der Waals surface area contributed by atoms with Crippen molar-refractivity contribution in [1.82, 2.24) is 0 Å². The highest BCUT2D eigenvalue weighted by Crippen LogP contribution is 2.37. The van der Waals surface area contributed by atoms with Gasteiger partial charge in [0.25, 0.3) is 0 Å². The molecule has 0 aliphatic rings. The highest BCUT2D eigenvalue weighted by molar-refractivity contribution is 5.92. The summed E-state index contributed by atoms with van der Waals surface area (Å²) in [6.07, 6.45) is 21.9. The predicted octanol–water partition coefficient (Wildman–Crippen LogP) is 27.0. The van der Waals surface area contributed by atoms with E-state index in [-0.39, 0.29) is 0 Å². The van der Waals surface area contributed by atoms with E-state index < -0.39 is 0 Å². The molecule has 0 saturated heterocycles. The molecule has 104 heavy (non-hydrogen) atoms. The molecule has 0 aliphatic carbocycles. The van der Waals surface area contributed by atoms with E-state index in [9.17, 15) is 0 Å². The molecule has 0 heterocycles. The smallest absolute Gasteiger partial charge is 0.0111 e. The van der Waals surface area contributed by atoms with E-state index in [1.165, 1.54) is 66.8 Å². The van der Waals surface area contributed by atoms with Crippen LogP contribution in [0.4, 0.5) is 0 Å². The van der Waals surface area contributed by atoms with Crippen LogP contribution in [0.3, 0.4) is 0 Å². The number of allylic oxidation sites excluding steroid dienone is 6. The minimum atomic E-state index is 0.969. The minimum absolute atomic E-state index is 0.969. The van der Waals surface area contributed by atoms with Gasteiger partial charge in [0.1, 0.15) is 0 Å². The van der Waals surface area contributed by atoms with Crippen LogP contribution in [0, 0.1) is 0 Å². The molecule has 0 aromatic heterocycles. The Morgan fingerprint density at radius 1 is 0.154 bits per heavy atom. The minimum Gasteiger partial charge on any atom is -0.0906 e. The van der Waals surface area contributed by atoms with E-state index in [4.69, 9.17) is 0 Å². The molecule has 12 aromatic carbocycles. The third-order valence-corrected chi connectivity index (χ3v) is 20.8. The van der Waals surface area contributed by atoms with Gasteiger partial charge in [0.2, 0.25) is 0 Å². The second-order valence-corrected chi connectivity index (χ2v) is 27.2. The van der Waals surface area contributed by atoms with E-state index in [1.54, 1.807) is 0 Å². The highest BCUT2D eigenvalue weighted by atomic mass is 14.2. The number of hydrogen-bond acceptors (Lipinski definition) is 0. The predicted molar refractivity (Wildman–Crippen MR) is 451 cm³/mol. The molecule has 12 aromatic rings. The van der Waals surface area contributed by atoms with Crippen molar-refractivity contribution in [2.45, 2.75) is 107 Å². The van der Waals surface area contributed by atoms with Gasteiger partial charge in [0.05, 0.1) is 0 Å². The Bertz CT molecular complexity index is 4730.